The molecule has 0 heterocycles. The van der Waals surface area contributed by atoms with Crippen LogP contribution in [0.3, 0.4) is 0 Å². The summed E-state index contributed by atoms with van der Waals surface area (Å²) in [5.41, 5.74) is 2.60. The first kappa shape index (κ1) is 36.5. The molecule has 5 nitrogen and oxygen atoms in total. The molecular formula is C32H54O5SSi2. The Hall–Kier alpha value is -1.48. The van der Waals surface area contributed by atoms with Gasteiger partial charge in [0.05, 0.1) is 28.5 Å². The number of allylic oxidation sites excluding steroid dienone is 2. The Morgan fingerprint density at radius 2 is 1.65 bits per heavy atom. The first-order valence-corrected chi connectivity index (χ1v) is 22.3. The molecule has 40 heavy (non-hydrogen) atoms. The van der Waals surface area contributed by atoms with Crippen molar-refractivity contribution in [2.24, 2.45) is 0 Å². The molecular weight excluding hydrogens is 553 g/mol. The first-order chi connectivity index (χ1) is 18.2. The second kappa shape index (κ2) is 15.1. The predicted molar refractivity (Wildman–Crippen MR) is 174 cm³/mol. The quantitative estimate of drug-likeness (QED) is 0.132. The maximum absolute atomic E-state index is 13.6. The fourth-order valence-corrected chi connectivity index (χ4v) is 7.26. The summed E-state index contributed by atoms with van der Waals surface area (Å²) >= 11 is 0. The molecule has 226 valence electrons. The number of rotatable bonds is 14. The maximum atomic E-state index is 13.6. The van der Waals surface area contributed by atoms with Gasteiger partial charge < -0.3 is 14.6 Å². The zero-order chi connectivity index (χ0) is 30.8. The van der Waals surface area contributed by atoms with Crippen molar-refractivity contribution in [3.8, 4) is 11.5 Å². The largest absolute Gasteiger partial charge is 0.413 e. The van der Waals surface area contributed by atoms with Gasteiger partial charge in [-0.25, -0.2) is 8.42 Å². The number of hydrogen-bond acceptors (Lipinski definition) is 5. The predicted octanol–water partition coefficient (Wildman–Crippen LogP) is 7.30. The van der Waals surface area contributed by atoms with Crippen molar-refractivity contribution in [3.63, 3.8) is 0 Å². The number of hydrogen-bond donors (Lipinski definition) is 2. The zero-order valence-electron chi connectivity index (χ0n) is 26.5. The summed E-state index contributed by atoms with van der Waals surface area (Å²) < 4.78 is 33.5. The minimum Gasteiger partial charge on any atom is -0.413 e. The van der Waals surface area contributed by atoms with Gasteiger partial charge in [0.1, 0.15) is 8.07 Å². The van der Waals surface area contributed by atoms with Gasteiger partial charge in [-0.2, -0.15) is 0 Å². The number of aliphatic hydroxyl groups excluding tert-OH is 1. The van der Waals surface area contributed by atoms with Crippen LogP contribution < -0.4 is 0 Å². The molecule has 0 aromatic heterocycles. The molecule has 0 bridgehead atoms. The summed E-state index contributed by atoms with van der Waals surface area (Å²) in [4.78, 5) is 0.206. The van der Waals surface area contributed by atoms with Gasteiger partial charge in [-0.05, 0) is 69.8 Å². The Morgan fingerprint density at radius 1 is 1.05 bits per heavy atom. The maximum Gasteiger partial charge on any atom is 0.192 e. The third kappa shape index (κ3) is 12.6. The van der Waals surface area contributed by atoms with Crippen LogP contribution in [-0.2, 0) is 14.3 Å². The smallest absolute Gasteiger partial charge is 0.192 e. The monoisotopic (exact) mass is 606 g/mol. The van der Waals surface area contributed by atoms with E-state index in [1.165, 1.54) is 6.92 Å². The Balaban J connectivity index is 3.02. The van der Waals surface area contributed by atoms with Gasteiger partial charge in [0.25, 0.3) is 0 Å². The van der Waals surface area contributed by atoms with E-state index in [0.29, 0.717) is 19.4 Å². The van der Waals surface area contributed by atoms with E-state index < -0.39 is 43.2 Å². The highest BCUT2D eigenvalue weighted by molar-refractivity contribution is 7.92. The van der Waals surface area contributed by atoms with Crippen molar-refractivity contribution >= 4 is 26.2 Å². The minimum absolute atomic E-state index is 0.111. The van der Waals surface area contributed by atoms with Crippen molar-refractivity contribution in [2.45, 2.75) is 126 Å². The Bertz CT molecular complexity index is 1150. The van der Waals surface area contributed by atoms with Gasteiger partial charge in [0.2, 0.25) is 0 Å². The van der Waals surface area contributed by atoms with Crippen LogP contribution in [0.25, 0.3) is 0 Å². The molecule has 0 radical (unpaired) electrons. The summed E-state index contributed by atoms with van der Waals surface area (Å²) in [6.07, 6.45) is 6.85. The van der Waals surface area contributed by atoms with Gasteiger partial charge in [-0.15, -0.1) is 11.5 Å². The van der Waals surface area contributed by atoms with Crippen molar-refractivity contribution in [2.75, 3.05) is 6.61 Å². The molecule has 0 saturated heterocycles. The van der Waals surface area contributed by atoms with E-state index in [0.717, 1.165) is 12.0 Å². The summed E-state index contributed by atoms with van der Waals surface area (Å²) in [5.74, 6) is 3.12. The SMILES string of the molecule is C/C(=C\[C@H](C[C@](C)(O)[C@H](O)CCC#C[Si](C)(C)C)S(=O)(=O)c1ccccc1)CC/C=C/CO[Si](C)(C)C(C)(C)C. The number of aliphatic hydroxyl groups is 2. The minimum atomic E-state index is -3.78. The molecule has 0 aliphatic rings. The fourth-order valence-electron chi connectivity index (χ4n) is 3.80. The van der Waals surface area contributed by atoms with Crippen molar-refractivity contribution in [1.29, 1.82) is 0 Å². The van der Waals surface area contributed by atoms with E-state index >= 15 is 0 Å². The molecule has 0 amide bonds. The Labute approximate surface area is 247 Å². The highest BCUT2D eigenvalue weighted by Crippen LogP contribution is 2.36. The molecule has 0 fully saturated rings. The molecule has 0 unspecified atom stereocenters. The van der Waals surface area contributed by atoms with Crippen LogP contribution in [0, 0.1) is 11.5 Å². The third-order valence-corrected chi connectivity index (χ3v) is 15.0. The Morgan fingerprint density at radius 3 is 2.20 bits per heavy atom. The van der Waals surface area contributed by atoms with Gasteiger partial charge in [-0.1, -0.05) is 82.4 Å². The molecule has 2 N–H and O–H groups in total. The van der Waals surface area contributed by atoms with Crippen molar-refractivity contribution < 1.29 is 23.1 Å². The first-order valence-electron chi connectivity index (χ1n) is 14.3. The average molecular weight is 607 g/mol. The van der Waals surface area contributed by atoms with Gasteiger partial charge in [0, 0.05) is 6.42 Å². The highest BCUT2D eigenvalue weighted by Gasteiger charge is 2.38. The lowest BCUT2D eigenvalue weighted by atomic mass is 9.90. The lowest BCUT2D eigenvalue weighted by molar-refractivity contribution is -0.0681. The second-order valence-electron chi connectivity index (χ2n) is 13.7. The van der Waals surface area contributed by atoms with E-state index in [9.17, 15) is 18.6 Å². The third-order valence-electron chi connectivity index (χ3n) is 7.50. The molecule has 8 heteroatoms. The molecule has 0 aliphatic heterocycles. The van der Waals surface area contributed by atoms with Crippen LogP contribution in [0.5, 0.6) is 0 Å². The van der Waals surface area contributed by atoms with E-state index in [4.69, 9.17) is 4.43 Å². The average Bonchev–Trinajstić information content (AvgIpc) is 2.82. The normalized spacial score (nSPS) is 16.8. The number of benzene rings is 1. The standard InChI is InChI=1S/C32H54O5SSi2/c1-27(19-13-12-17-23-37-40(9,10)31(2,3)4)25-29(38(35,36)28-20-14-11-15-21-28)26-32(5,34)30(33)22-16-18-24-39(6,7)8/h11-12,14-15,17,20-21,25,29-30,33-34H,13,16,19,22-23,26H2,1-10H3/b17-12+,27-25+/t29-,30-,32+/m1/s1. The summed E-state index contributed by atoms with van der Waals surface area (Å²) in [5, 5.41) is 21.2. The van der Waals surface area contributed by atoms with E-state index in [2.05, 4.69) is 71.0 Å². The van der Waals surface area contributed by atoms with Crippen LogP contribution in [0.1, 0.15) is 66.7 Å². The highest BCUT2D eigenvalue weighted by atomic mass is 32.2. The lowest BCUT2D eigenvalue weighted by Crippen LogP contribution is -2.43. The van der Waals surface area contributed by atoms with Gasteiger partial charge >= 0.3 is 0 Å². The molecule has 1 rings (SSSR count). The molecule has 3 atom stereocenters. The van der Waals surface area contributed by atoms with E-state index in [-0.39, 0.29) is 22.8 Å². The van der Waals surface area contributed by atoms with Crippen molar-refractivity contribution in [3.05, 3.63) is 54.1 Å². The zero-order valence-corrected chi connectivity index (χ0v) is 29.4. The van der Waals surface area contributed by atoms with Crippen LogP contribution >= 0.6 is 0 Å². The lowest BCUT2D eigenvalue weighted by Gasteiger charge is -2.35. The van der Waals surface area contributed by atoms with Crippen LogP contribution in [0.2, 0.25) is 37.8 Å². The number of sulfone groups is 1. The van der Waals surface area contributed by atoms with E-state index in [1.54, 1.807) is 36.4 Å². The molecule has 1 aromatic carbocycles. The van der Waals surface area contributed by atoms with Crippen LogP contribution in [0.15, 0.2) is 59.0 Å². The second-order valence-corrected chi connectivity index (χ2v) is 25.4. The molecule has 1 aromatic rings. The topological polar surface area (TPSA) is 83.8 Å². The Kier molecular flexibility index (Phi) is 13.8. The summed E-state index contributed by atoms with van der Waals surface area (Å²) in [7, 11) is -7.09. The van der Waals surface area contributed by atoms with Crippen LogP contribution in [-0.4, -0.2) is 58.6 Å². The van der Waals surface area contributed by atoms with E-state index in [1.807, 2.05) is 13.0 Å². The molecule has 0 saturated carbocycles. The summed E-state index contributed by atoms with van der Waals surface area (Å²) in [6.45, 7) is 21.6. The summed E-state index contributed by atoms with van der Waals surface area (Å²) in [6, 6.07) is 8.32. The van der Waals surface area contributed by atoms with Crippen molar-refractivity contribution in [1.82, 2.24) is 0 Å². The molecule has 0 aliphatic carbocycles. The van der Waals surface area contributed by atoms with Crippen LogP contribution in [0.4, 0.5) is 0 Å². The van der Waals surface area contributed by atoms with Gasteiger partial charge in [0.15, 0.2) is 18.2 Å². The van der Waals surface area contributed by atoms with Gasteiger partial charge in [-0.3, -0.25) is 0 Å². The fraction of sp³-hybridized carbons (Fsp3) is 0.625. The molecule has 0 spiro atoms.